The number of rotatable bonds is 8. The van der Waals surface area contributed by atoms with Gasteiger partial charge in [-0.15, -0.1) is 0 Å². The van der Waals surface area contributed by atoms with Gasteiger partial charge in [-0.05, 0) is 50.0 Å². The summed E-state index contributed by atoms with van der Waals surface area (Å²) < 4.78 is 11.4. The van der Waals surface area contributed by atoms with Gasteiger partial charge in [-0.2, -0.15) is 0 Å². The maximum absolute atomic E-state index is 6.22. The van der Waals surface area contributed by atoms with Gasteiger partial charge < -0.3 is 19.4 Å². The van der Waals surface area contributed by atoms with Crippen molar-refractivity contribution >= 4 is 22.6 Å². The van der Waals surface area contributed by atoms with Crippen LogP contribution in [0.2, 0.25) is 5.02 Å². The SMILES string of the molecule is COC(COc1ccc(-c2[nH]c3ncc(Cl)cc3c2-c2cncnc2)cc1)CN(C)C. The van der Waals surface area contributed by atoms with Crippen LogP contribution >= 0.6 is 11.6 Å². The Morgan fingerprint density at radius 3 is 2.48 bits per heavy atom. The number of likely N-dealkylation sites (N-methyl/N-ethyl adjacent to an activating group) is 1. The average molecular weight is 438 g/mol. The monoisotopic (exact) mass is 437 g/mol. The smallest absolute Gasteiger partial charge is 0.138 e. The molecule has 1 N–H and O–H groups in total. The number of hydrogen-bond acceptors (Lipinski definition) is 6. The zero-order valence-electron chi connectivity index (χ0n) is 17.7. The second-order valence-electron chi connectivity index (χ2n) is 7.51. The summed E-state index contributed by atoms with van der Waals surface area (Å²) in [4.78, 5) is 18.3. The van der Waals surface area contributed by atoms with E-state index in [-0.39, 0.29) is 6.10 Å². The van der Waals surface area contributed by atoms with Crippen LogP contribution in [0.1, 0.15) is 0 Å². The number of ether oxygens (including phenoxy) is 2. The molecule has 7 nitrogen and oxygen atoms in total. The van der Waals surface area contributed by atoms with Crippen molar-refractivity contribution in [1.29, 1.82) is 0 Å². The van der Waals surface area contributed by atoms with Crippen molar-refractivity contribution in [2.45, 2.75) is 6.10 Å². The molecule has 0 fully saturated rings. The molecule has 3 heterocycles. The summed E-state index contributed by atoms with van der Waals surface area (Å²) in [6.07, 6.45) is 6.72. The lowest BCUT2D eigenvalue weighted by Crippen LogP contribution is -2.32. The third-order valence-electron chi connectivity index (χ3n) is 4.95. The Labute approximate surface area is 186 Å². The van der Waals surface area contributed by atoms with E-state index >= 15 is 0 Å². The fraction of sp³-hybridized carbons (Fsp3) is 0.261. The van der Waals surface area contributed by atoms with Gasteiger partial charge in [-0.3, -0.25) is 0 Å². The molecular weight excluding hydrogens is 414 g/mol. The molecule has 0 bridgehead atoms. The molecular formula is C23H24ClN5O2. The summed E-state index contributed by atoms with van der Waals surface area (Å²) >= 11 is 6.22. The number of pyridine rings is 1. The molecule has 1 atom stereocenters. The highest BCUT2D eigenvalue weighted by Gasteiger charge is 2.17. The van der Waals surface area contributed by atoms with Crippen molar-refractivity contribution in [3.05, 3.63) is 60.3 Å². The van der Waals surface area contributed by atoms with Crippen molar-refractivity contribution in [2.75, 3.05) is 34.4 Å². The minimum Gasteiger partial charge on any atom is -0.491 e. The van der Waals surface area contributed by atoms with Gasteiger partial charge in [0.1, 0.15) is 30.4 Å². The lowest BCUT2D eigenvalue weighted by Gasteiger charge is -2.20. The van der Waals surface area contributed by atoms with Crippen LogP contribution < -0.4 is 4.74 Å². The molecule has 0 aliphatic heterocycles. The lowest BCUT2D eigenvalue weighted by molar-refractivity contribution is 0.0399. The van der Waals surface area contributed by atoms with Gasteiger partial charge in [0.05, 0.1) is 10.7 Å². The van der Waals surface area contributed by atoms with Crippen molar-refractivity contribution in [1.82, 2.24) is 24.8 Å². The van der Waals surface area contributed by atoms with Gasteiger partial charge in [0.15, 0.2) is 0 Å². The normalized spacial score (nSPS) is 12.4. The molecule has 0 aliphatic rings. The summed E-state index contributed by atoms with van der Waals surface area (Å²) in [7, 11) is 5.72. The minimum atomic E-state index is 0.00360. The first-order chi connectivity index (χ1) is 15.0. The Morgan fingerprint density at radius 1 is 1.06 bits per heavy atom. The molecule has 1 unspecified atom stereocenters. The van der Waals surface area contributed by atoms with E-state index in [9.17, 15) is 0 Å². The van der Waals surface area contributed by atoms with Gasteiger partial charge in [0, 0.05) is 48.8 Å². The molecule has 4 aromatic rings. The van der Waals surface area contributed by atoms with Gasteiger partial charge >= 0.3 is 0 Å². The molecule has 1 aromatic carbocycles. The van der Waals surface area contributed by atoms with Crippen LogP contribution in [0.25, 0.3) is 33.4 Å². The van der Waals surface area contributed by atoms with Gasteiger partial charge in [-0.25, -0.2) is 15.0 Å². The van der Waals surface area contributed by atoms with Crippen molar-refractivity contribution < 1.29 is 9.47 Å². The van der Waals surface area contributed by atoms with Crippen LogP contribution in [0.4, 0.5) is 0 Å². The van der Waals surface area contributed by atoms with E-state index in [4.69, 9.17) is 21.1 Å². The number of hydrogen-bond donors (Lipinski definition) is 1. The van der Waals surface area contributed by atoms with Crippen LogP contribution in [0.3, 0.4) is 0 Å². The summed E-state index contributed by atoms with van der Waals surface area (Å²) in [6, 6.07) is 9.84. The topological polar surface area (TPSA) is 76.2 Å². The van der Waals surface area contributed by atoms with E-state index in [1.54, 1.807) is 25.7 Å². The Hall–Kier alpha value is -3.00. The Morgan fingerprint density at radius 2 is 1.81 bits per heavy atom. The molecule has 0 saturated heterocycles. The van der Waals surface area contributed by atoms with E-state index in [1.165, 1.54) is 6.33 Å². The van der Waals surface area contributed by atoms with Crippen LogP contribution in [0.15, 0.2) is 55.2 Å². The molecule has 0 spiro atoms. The first kappa shape index (κ1) is 21.2. The third kappa shape index (κ3) is 4.85. The predicted molar refractivity (Wildman–Crippen MR) is 122 cm³/mol. The van der Waals surface area contributed by atoms with Crippen LogP contribution in [-0.2, 0) is 4.74 Å². The number of aromatic nitrogens is 4. The van der Waals surface area contributed by atoms with Crippen molar-refractivity contribution in [3.63, 3.8) is 0 Å². The second-order valence-corrected chi connectivity index (χ2v) is 7.94. The maximum Gasteiger partial charge on any atom is 0.138 e. The number of nitrogens with one attached hydrogen (secondary N) is 1. The van der Waals surface area contributed by atoms with E-state index < -0.39 is 0 Å². The third-order valence-corrected chi connectivity index (χ3v) is 5.15. The summed E-state index contributed by atoms with van der Waals surface area (Å²) in [5.74, 6) is 0.784. The number of methoxy groups -OCH3 is 1. The number of benzene rings is 1. The molecule has 0 radical (unpaired) electrons. The highest BCUT2D eigenvalue weighted by molar-refractivity contribution is 6.31. The highest BCUT2D eigenvalue weighted by atomic mass is 35.5. The largest absolute Gasteiger partial charge is 0.491 e. The molecule has 4 rings (SSSR count). The number of fused-ring (bicyclic) bond motifs is 1. The zero-order chi connectivity index (χ0) is 21.8. The van der Waals surface area contributed by atoms with E-state index in [1.807, 2.05) is 44.4 Å². The van der Waals surface area contributed by atoms with E-state index in [0.717, 1.165) is 45.7 Å². The maximum atomic E-state index is 6.22. The molecule has 160 valence electrons. The van der Waals surface area contributed by atoms with Gasteiger partial charge in [0.25, 0.3) is 0 Å². The number of aromatic amines is 1. The van der Waals surface area contributed by atoms with Crippen LogP contribution in [0.5, 0.6) is 5.75 Å². The van der Waals surface area contributed by atoms with Gasteiger partial charge in [-0.1, -0.05) is 11.6 Å². The Kier molecular flexibility index (Phi) is 6.46. The Bertz CT molecular complexity index is 1150. The fourth-order valence-electron chi connectivity index (χ4n) is 3.50. The quantitative estimate of drug-likeness (QED) is 0.443. The predicted octanol–water partition coefficient (Wildman–Crippen LogP) is 4.30. The summed E-state index contributed by atoms with van der Waals surface area (Å²) in [6.45, 7) is 1.27. The minimum absolute atomic E-state index is 0.00360. The molecule has 0 aliphatic carbocycles. The first-order valence-electron chi connectivity index (χ1n) is 9.88. The van der Waals surface area contributed by atoms with Crippen LogP contribution in [0, 0.1) is 0 Å². The second kappa shape index (κ2) is 9.43. The van der Waals surface area contributed by atoms with Gasteiger partial charge in [0.2, 0.25) is 0 Å². The number of H-pyrrole nitrogens is 1. The number of halogens is 1. The molecule has 0 saturated carbocycles. The molecule has 31 heavy (non-hydrogen) atoms. The average Bonchev–Trinajstić information content (AvgIpc) is 3.16. The fourth-order valence-corrected chi connectivity index (χ4v) is 3.66. The standard InChI is InChI=1S/C23H24ClN5O2/c1-29(2)12-19(30-3)13-31-18-6-4-15(5-7-18)22-21(16-9-25-14-26-10-16)20-8-17(24)11-27-23(20)28-22/h4-11,14,19H,12-13H2,1-3H3,(H,27,28). The first-order valence-corrected chi connectivity index (χ1v) is 10.3. The molecule has 8 heteroatoms. The van der Waals surface area contributed by atoms with Crippen molar-refractivity contribution in [2.24, 2.45) is 0 Å². The Balaban J connectivity index is 1.65. The zero-order valence-corrected chi connectivity index (χ0v) is 18.4. The van der Waals surface area contributed by atoms with Crippen LogP contribution in [-0.4, -0.2) is 65.3 Å². The molecule has 0 amide bonds. The summed E-state index contributed by atoms with van der Waals surface area (Å²) in [5, 5.41) is 1.49. The van der Waals surface area contributed by atoms with E-state index in [0.29, 0.717) is 11.6 Å². The lowest BCUT2D eigenvalue weighted by atomic mass is 10.0. The highest BCUT2D eigenvalue weighted by Crippen LogP contribution is 2.38. The molecule has 3 aromatic heterocycles. The van der Waals surface area contributed by atoms with E-state index in [2.05, 4.69) is 24.8 Å². The number of nitrogens with zero attached hydrogens (tertiary/aromatic N) is 4. The summed E-state index contributed by atoms with van der Waals surface area (Å²) in [5.41, 5.74) is 4.53. The van der Waals surface area contributed by atoms with Crippen molar-refractivity contribution in [3.8, 4) is 28.1 Å².